The van der Waals surface area contributed by atoms with Crippen molar-refractivity contribution in [3.63, 3.8) is 0 Å². The van der Waals surface area contributed by atoms with Crippen LogP contribution in [0.25, 0.3) is 10.9 Å². The largest absolute Gasteiger partial charge is 0.351 e. The van der Waals surface area contributed by atoms with Gasteiger partial charge in [0, 0.05) is 67.0 Å². The fourth-order valence-electron chi connectivity index (χ4n) is 4.84. The van der Waals surface area contributed by atoms with Crippen molar-refractivity contribution in [1.29, 1.82) is 0 Å². The molecule has 2 bridgehead atoms. The smallest absolute Gasteiger partial charge is 0.334 e. The van der Waals surface area contributed by atoms with Crippen LogP contribution in [0.5, 0.6) is 0 Å². The third-order valence-electron chi connectivity index (χ3n) is 6.20. The predicted octanol–water partition coefficient (Wildman–Crippen LogP) is 2.51. The Morgan fingerprint density at radius 2 is 1.97 bits per heavy atom. The maximum Gasteiger partial charge on any atom is 0.334 e. The van der Waals surface area contributed by atoms with Gasteiger partial charge in [0.1, 0.15) is 0 Å². The van der Waals surface area contributed by atoms with Crippen LogP contribution < -0.4 is 5.56 Å². The van der Waals surface area contributed by atoms with E-state index in [0.717, 1.165) is 23.0 Å². The summed E-state index contributed by atoms with van der Waals surface area (Å²) in [4.78, 5) is 38.0. The van der Waals surface area contributed by atoms with Gasteiger partial charge in [-0.3, -0.25) is 19.7 Å². The van der Waals surface area contributed by atoms with Crippen molar-refractivity contribution in [2.75, 3.05) is 13.1 Å². The van der Waals surface area contributed by atoms with E-state index in [-0.39, 0.29) is 17.7 Å². The van der Waals surface area contributed by atoms with Gasteiger partial charge in [0.05, 0.1) is 4.92 Å². The first-order valence-electron chi connectivity index (χ1n) is 9.65. The third-order valence-corrected chi connectivity index (χ3v) is 6.20. The molecular weight excluding hydrogens is 372 g/mol. The first kappa shape index (κ1) is 17.7. The normalized spacial score (nSPS) is 20.5. The second kappa shape index (κ2) is 6.30. The standard InChI is InChI=1S/C21H20N4O4/c1-22-7-6-14-9-15(2-3-17(14)22)20(26)23-10-13-8-16(12-23)18-4-5-19(25(28)29)21(27)24(18)11-13/h2-7,9,13,16H,8,10-12H2,1H3/t13-,16?/m0/s1. The molecule has 2 aromatic heterocycles. The quantitative estimate of drug-likeness (QED) is 0.495. The van der Waals surface area contributed by atoms with Gasteiger partial charge in [0.2, 0.25) is 0 Å². The van der Waals surface area contributed by atoms with Gasteiger partial charge >= 0.3 is 11.2 Å². The molecule has 1 fully saturated rings. The minimum Gasteiger partial charge on any atom is -0.351 e. The summed E-state index contributed by atoms with van der Waals surface area (Å²) >= 11 is 0. The van der Waals surface area contributed by atoms with E-state index in [0.29, 0.717) is 25.2 Å². The van der Waals surface area contributed by atoms with Gasteiger partial charge in [-0.2, -0.15) is 0 Å². The van der Waals surface area contributed by atoms with Gasteiger partial charge < -0.3 is 14.0 Å². The van der Waals surface area contributed by atoms with E-state index >= 15 is 0 Å². The van der Waals surface area contributed by atoms with Gasteiger partial charge in [0.25, 0.3) is 5.91 Å². The maximum absolute atomic E-state index is 13.2. The van der Waals surface area contributed by atoms with E-state index in [4.69, 9.17) is 0 Å². The summed E-state index contributed by atoms with van der Waals surface area (Å²) in [5.74, 6) is 0.119. The van der Waals surface area contributed by atoms with Crippen molar-refractivity contribution in [2.45, 2.75) is 18.9 Å². The molecule has 0 spiro atoms. The number of fused-ring (bicyclic) bond motifs is 5. The zero-order valence-electron chi connectivity index (χ0n) is 15.9. The Morgan fingerprint density at radius 1 is 1.14 bits per heavy atom. The van der Waals surface area contributed by atoms with E-state index in [1.54, 1.807) is 6.07 Å². The molecule has 4 heterocycles. The number of piperidine rings is 1. The number of hydrogen-bond acceptors (Lipinski definition) is 4. The zero-order chi connectivity index (χ0) is 20.3. The molecule has 1 amide bonds. The Kier molecular flexibility index (Phi) is 3.84. The molecule has 3 aromatic rings. The molecule has 0 N–H and O–H groups in total. The number of carbonyl (C=O) groups is 1. The van der Waals surface area contributed by atoms with Crippen molar-refractivity contribution >= 4 is 22.5 Å². The monoisotopic (exact) mass is 392 g/mol. The summed E-state index contributed by atoms with van der Waals surface area (Å²) in [6, 6.07) is 10.7. The highest BCUT2D eigenvalue weighted by Crippen LogP contribution is 2.36. The molecule has 2 aliphatic rings. The molecule has 1 saturated heterocycles. The highest BCUT2D eigenvalue weighted by Gasteiger charge is 2.37. The van der Waals surface area contributed by atoms with Gasteiger partial charge in [-0.05, 0) is 42.7 Å². The summed E-state index contributed by atoms with van der Waals surface area (Å²) in [6.07, 6.45) is 2.86. The van der Waals surface area contributed by atoms with Crippen LogP contribution >= 0.6 is 0 Å². The van der Waals surface area contributed by atoms with E-state index < -0.39 is 16.2 Å². The Hall–Kier alpha value is -3.42. The van der Waals surface area contributed by atoms with Crippen LogP contribution in [0.1, 0.15) is 28.4 Å². The minimum atomic E-state index is -0.629. The number of amides is 1. The van der Waals surface area contributed by atoms with Crippen LogP contribution in [0.15, 0.2) is 47.4 Å². The van der Waals surface area contributed by atoms with E-state index in [1.807, 2.05) is 47.0 Å². The molecule has 1 aromatic carbocycles. The van der Waals surface area contributed by atoms with Crippen LogP contribution in [-0.4, -0.2) is 38.0 Å². The lowest BCUT2D eigenvalue weighted by Gasteiger charge is -2.42. The van der Waals surface area contributed by atoms with E-state index in [9.17, 15) is 19.7 Å². The number of pyridine rings is 1. The number of nitro groups is 1. The molecule has 0 radical (unpaired) electrons. The van der Waals surface area contributed by atoms with E-state index in [1.165, 1.54) is 10.6 Å². The molecule has 148 valence electrons. The van der Waals surface area contributed by atoms with Crippen LogP contribution in [-0.2, 0) is 13.6 Å². The molecule has 8 heteroatoms. The summed E-state index contributed by atoms with van der Waals surface area (Å²) in [5, 5.41) is 12.1. The van der Waals surface area contributed by atoms with Crippen molar-refractivity contribution in [3.8, 4) is 0 Å². The average Bonchev–Trinajstić information content (AvgIpc) is 3.08. The minimum absolute atomic E-state index is 0.0110. The van der Waals surface area contributed by atoms with E-state index in [2.05, 4.69) is 0 Å². The summed E-state index contributed by atoms with van der Waals surface area (Å²) < 4.78 is 3.55. The first-order valence-corrected chi connectivity index (χ1v) is 9.65. The lowest BCUT2D eigenvalue weighted by molar-refractivity contribution is -0.386. The second-order valence-electron chi connectivity index (χ2n) is 8.03. The number of likely N-dealkylation sites (tertiary alicyclic amines) is 1. The second-order valence-corrected chi connectivity index (χ2v) is 8.03. The first-order chi connectivity index (χ1) is 13.9. The molecule has 1 unspecified atom stereocenters. The predicted molar refractivity (Wildman–Crippen MR) is 107 cm³/mol. The van der Waals surface area contributed by atoms with Crippen molar-refractivity contribution in [1.82, 2.24) is 14.0 Å². The topological polar surface area (TPSA) is 90.4 Å². The summed E-state index contributed by atoms with van der Waals surface area (Å²) in [5.41, 5.74) is 1.58. The average molecular weight is 392 g/mol. The lowest BCUT2D eigenvalue weighted by atomic mass is 9.83. The van der Waals surface area contributed by atoms with Gasteiger partial charge in [-0.25, -0.2) is 0 Å². The number of rotatable bonds is 2. The van der Waals surface area contributed by atoms with Crippen molar-refractivity contribution in [3.05, 3.63) is 74.3 Å². The molecule has 2 aliphatic heterocycles. The fourth-order valence-corrected chi connectivity index (χ4v) is 4.84. The molecular formula is C21H20N4O4. The fraction of sp³-hybridized carbons (Fsp3) is 0.333. The third kappa shape index (κ3) is 2.74. The van der Waals surface area contributed by atoms with Crippen LogP contribution in [0.4, 0.5) is 5.69 Å². The summed E-state index contributed by atoms with van der Waals surface area (Å²) in [6.45, 7) is 1.48. The zero-order valence-corrected chi connectivity index (χ0v) is 15.9. The van der Waals surface area contributed by atoms with Crippen LogP contribution in [0, 0.1) is 16.0 Å². The SMILES string of the molecule is Cn1ccc2cc(C(=O)N3CC4C[C@@H](C3)Cn3c4ccc([N+](=O)[O-])c3=O)ccc21. The van der Waals surface area contributed by atoms with Crippen molar-refractivity contribution in [2.24, 2.45) is 13.0 Å². The van der Waals surface area contributed by atoms with Crippen LogP contribution in [0.3, 0.4) is 0 Å². The molecule has 0 aliphatic carbocycles. The number of benzene rings is 1. The number of nitrogens with zero attached hydrogens (tertiary/aromatic N) is 4. The molecule has 29 heavy (non-hydrogen) atoms. The lowest BCUT2D eigenvalue weighted by Crippen LogP contribution is -2.49. The van der Waals surface area contributed by atoms with Crippen molar-refractivity contribution < 1.29 is 9.72 Å². The molecule has 8 nitrogen and oxygen atoms in total. The van der Waals surface area contributed by atoms with Crippen LogP contribution in [0.2, 0.25) is 0 Å². The van der Waals surface area contributed by atoms with Gasteiger partial charge in [-0.1, -0.05) is 0 Å². The molecule has 0 saturated carbocycles. The molecule has 2 atom stereocenters. The highest BCUT2D eigenvalue weighted by atomic mass is 16.6. The number of aromatic nitrogens is 2. The maximum atomic E-state index is 13.2. The number of hydrogen-bond donors (Lipinski definition) is 0. The summed E-state index contributed by atoms with van der Waals surface area (Å²) in [7, 11) is 1.97. The van der Waals surface area contributed by atoms with Gasteiger partial charge in [-0.15, -0.1) is 0 Å². The molecule has 5 rings (SSSR count). The highest BCUT2D eigenvalue weighted by molar-refractivity contribution is 5.98. The Labute approximate surface area is 166 Å². The van der Waals surface area contributed by atoms with Gasteiger partial charge in [0.15, 0.2) is 0 Å². The Morgan fingerprint density at radius 3 is 2.76 bits per heavy atom. The number of carbonyl (C=O) groups excluding carboxylic acids is 1. The number of aryl methyl sites for hydroxylation is 1. The Bertz CT molecular complexity index is 1230. The Balaban J connectivity index is 1.45.